The summed E-state index contributed by atoms with van der Waals surface area (Å²) in [7, 11) is 3.22. The summed E-state index contributed by atoms with van der Waals surface area (Å²) in [5, 5.41) is 3.05. The number of likely N-dealkylation sites (tertiary alicyclic amines) is 1. The minimum Gasteiger partial charge on any atom is -0.497 e. The fourth-order valence-electron chi connectivity index (χ4n) is 4.03. The molecule has 166 valence electrons. The van der Waals surface area contributed by atoms with Gasteiger partial charge in [0.2, 0.25) is 11.8 Å². The minimum atomic E-state index is -0.333. The number of hydrogen-bond donors (Lipinski definition) is 1. The van der Waals surface area contributed by atoms with E-state index in [0.29, 0.717) is 43.5 Å². The van der Waals surface area contributed by atoms with Gasteiger partial charge < -0.3 is 19.7 Å². The van der Waals surface area contributed by atoms with Crippen LogP contribution >= 0.6 is 0 Å². The molecular formula is C25H32N2O4. The zero-order chi connectivity index (χ0) is 22.4. The van der Waals surface area contributed by atoms with Gasteiger partial charge in [0.15, 0.2) is 0 Å². The van der Waals surface area contributed by atoms with E-state index in [1.807, 2.05) is 48.5 Å². The lowest BCUT2D eigenvalue weighted by Gasteiger charge is -2.21. The minimum absolute atomic E-state index is 0.0217. The first-order chi connectivity index (χ1) is 14.9. The first-order valence-corrected chi connectivity index (χ1v) is 10.7. The van der Waals surface area contributed by atoms with Crippen molar-refractivity contribution < 1.29 is 19.1 Å². The Labute approximate surface area is 184 Å². The number of nitrogens with one attached hydrogen (secondary N) is 1. The standard InChI is InChI=1S/C25H32N2O4/c1-17(2)14-26-25(29)22-16-27(24(28)12-18-8-6-5-7-9-18)15-21(22)20-11-10-19(30-3)13-23(20)31-4/h5-11,13,17,21-22H,12,14-16H2,1-4H3,(H,26,29). The highest BCUT2D eigenvalue weighted by molar-refractivity contribution is 5.84. The van der Waals surface area contributed by atoms with Crippen molar-refractivity contribution in [3.8, 4) is 11.5 Å². The SMILES string of the molecule is COc1ccc(C2CN(C(=O)Cc3ccccc3)CC2C(=O)NCC(C)C)c(OC)c1. The first kappa shape index (κ1) is 22.7. The molecular weight excluding hydrogens is 392 g/mol. The van der Waals surface area contributed by atoms with E-state index in [1.165, 1.54) is 0 Å². The maximum absolute atomic E-state index is 13.1. The van der Waals surface area contributed by atoms with Crippen LogP contribution in [0.3, 0.4) is 0 Å². The van der Waals surface area contributed by atoms with E-state index in [4.69, 9.17) is 9.47 Å². The molecule has 2 unspecified atom stereocenters. The predicted octanol–water partition coefficient (Wildman–Crippen LogP) is 3.26. The van der Waals surface area contributed by atoms with Crippen LogP contribution in [0, 0.1) is 11.8 Å². The molecule has 1 aliphatic heterocycles. The Kier molecular flexibility index (Phi) is 7.55. The zero-order valence-electron chi connectivity index (χ0n) is 18.8. The van der Waals surface area contributed by atoms with Crippen molar-refractivity contribution in [2.24, 2.45) is 11.8 Å². The number of hydrogen-bond acceptors (Lipinski definition) is 4. The first-order valence-electron chi connectivity index (χ1n) is 10.7. The van der Waals surface area contributed by atoms with Crippen LogP contribution in [0.4, 0.5) is 0 Å². The summed E-state index contributed by atoms with van der Waals surface area (Å²) in [4.78, 5) is 27.9. The van der Waals surface area contributed by atoms with Gasteiger partial charge in [0.25, 0.3) is 0 Å². The monoisotopic (exact) mass is 424 g/mol. The van der Waals surface area contributed by atoms with Crippen molar-refractivity contribution >= 4 is 11.8 Å². The molecule has 2 aromatic carbocycles. The van der Waals surface area contributed by atoms with Gasteiger partial charge in [0.1, 0.15) is 11.5 Å². The summed E-state index contributed by atoms with van der Waals surface area (Å²) in [6, 6.07) is 15.3. The lowest BCUT2D eigenvalue weighted by molar-refractivity contribution is -0.130. The number of amides is 2. The number of carbonyl (C=O) groups excluding carboxylic acids is 2. The molecule has 2 aromatic rings. The molecule has 1 aliphatic rings. The Hall–Kier alpha value is -3.02. The molecule has 0 radical (unpaired) electrons. The van der Waals surface area contributed by atoms with Gasteiger partial charge in [0.05, 0.1) is 26.6 Å². The molecule has 0 spiro atoms. The summed E-state index contributed by atoms with van der Waals surface area (Å²) in [5.41, 5.74) is 1.89. The molecule has 3 rings (SSSR count). The van der Waals surface area contributed by atoms with E-state index in [9.17, 15) is 9.59 Å². The van der Waals surface area contributed by atoms with E-state index in [0.717, 1.165) is 11.1 Å². The second-order valence-corrected chi connectivity index (χ2v) is 8.42. The van der Waals surface area contributed by atoms with Crippen LogP contribution in [0.5, 0.6) is 11.5 Å². The molecule has 1 saturated heterocycles. The molecule has 0 saturated carbocycles. The number of methoxy groups -OCH3 is 2. The van der Waals surface area contributed by atoms with Crippen molar-refractivity contribution in [1.82, 2.24) is 10.2 Å². The van der Waals surface area contributed by atoms with Gasteiger partial charge in [-0.05, 0) is 17.5 Å². The Balaban J connectivity index is 1.85. The van der Waals surface area contributed by atoms with E-state index >= 15 is 0 Å². The van der Waals surface area contributed by atoms with E-state index in [-0.39, 0.29) is 23.7 Å². The number of carbonyl (C=O) groups is 2. The quantitative estimate of drug-likeness (QED) is 0.706. The van der Waals surface area contributed by atoms with E-state index in [1.54, 1.807) is 19.1 Å². The highest BCUT2D eigenvalue weighted by Crippen LogP contribution is 2.39. The highest BCUT2D eigenvalue weighted by atomic mass is 16.5. The largest absolute Gasteiger partial charge is 0.497 e. The molecule has 1 fully saturated rings. The van der Waals surface area contributed by atoms with Gasteiger partial charge >= 0.3 is 0 Å². The molecule has 0 aromatic heterocycles. The third kappa shape index (κ3) is 5.57. The average Bonchev–Trinajstić information content (AvgIpc) is 3.23. The summed E-state index contributed by atoms with van der Waals surface area (Å²) < 4.78 is 10.9. The fourth-order valence-corrected chi connectivity index (χ4v) is 4.03. The van der Waals surface area contributed by atoms with Crippen molar-refractivity contribution in [2.45, 2.75) is 26.2 Å². The second-order valence-electron chi connectivity index (χ2n) is 8.42. The van der Waals surface area contributed by atoms with Gasteiger partial charge in [0, 0.05) is 37.2 Å². The van der Waals surface area contributed by atoms with Crippen LogP contribution in [0.2, 0.25) is 0 Å². The summed E-state index contributed by atoms with van der Waals surface area (Å²) in [6.07, 6.45) is 0.327. The number of rotatable bonds is 8. The van der Waals surface area contributed by atoms with Gasteiger partial charge in [-0.3, -0.25) is 9.59 Å². The fraction of sp³-hybridized carbons (Fsp3) is 0.440. The van der Waals surface area contributed by atoms with Crippen LogP contribution in [0.15, 0.2) is 48.5 Å². The van der Waals surface area contributed by atoms with Crippen LogP contribution < -0.4 is 14.8 Å². The molecule has 2 amide bonds. The maximum Gasteiger partial charge on any atom is 0.227 e. The number of benzene rings is 2. The molecule has 2 atom stereocenters. The molecule has 0 bridgehead atoms. The highest BCUT2D eigenvalue weighted by Gasteiger charge is 2.41. The Morgan fingerprint density at radius 2 is 1.81 bits per heavy atom. The third-order valence-corrected chi connectivity index (χ3v) is 5.73. The average molecular weight is 425 g/mol. The smallest absolute Gasteiger partial charge is 0.227 e. The summed E-state index contributed by atoms with van der Waals surface area (Å²) in [5.74, 6) is 1.25. The van der Waals surface area contributed by atoms with E-state index in [2.05, 4.69) is 19.2 Å². The predicted molar refractivity (Wildman–Crippen MR) is 120 cm³/mol. The third-order valence-electron chi connectivity index (χ3n) is 5.73. The Morgan fingerprint density at radius 3 is 2.45 bits per heavy atom. The Bertz CT molecular complexity index is 898. The number of nitrogens with zero attached hydrogens (tertiary/aromatic N) is 1. The van der Waals surface area contributed by atoms with E-state index < -0.39 is 0 Å². The topological polar surface area (TPSA) is 67.9 Å². The van der Waals surface area contributed by atoms with Crippen molar-refractivity contribution in [3.63, 3.8) is 0 Å². The van der Waals surface area contributed by atoms with Crippen LogP contribution in [-0.4, -0.2) is 50.6 Å². The van der Waals surface area contributed by atoms with Gasteiger partial charge in [-0.2, -0.15) is 0 Å². The molecule has 1 heterocycles. The van der Waals surface area contributed by atoms with Gasteiger partial charge in [-0.15, -0.1) is 0 Å². The molecule has 1 N–H and O–H groups in total. The van der Waals surface area contributed by atoms with Crippen LogP contribution in [0.25, 0.3) is 0 Å². The Morgan fingerprint density at radius 1 is 1.06 bits per heavy atom. The number of ether oxygens (including phenoxy) is 2. The zero-order valence-corrected chi connectivity index (χ0v) is 18.8. The molecule has 6 heteroatoms. The summed E-state index contributed by atoms with van der Waals surface area (Å²) in [6.45, 7) is 5.62. The maximum atomic E-state index is 13.1. The van der Waals surface area contributed by atoms with Crippen molar-refractivity contribution in [2.75, 3.05) is 33.9 Å². The molecule has 31 heavy (non-hydrogen) atoms. The molecule has 6 nitrogen and oxygen atoms in total. The normalized spacial score (nSPS) is 18.2. The van der Waals surface area contributed by atoms with Crippen molar-refractivity contribution in [3.05, 3.63) is 59.7 Å². The van der Waals surface area contributed by atoms with Gasteiger partial charge in [-0.25, -0.2) is 0 Å². The lowest BCUT2D eigenvalue weighted by Crippen LogP contribution is -2.37. The summed E-state index contributed by atoms with van der Waals surface area (Å²) >= 11 is 0. The van der Waals surface area contributed by atoms with Crippen LogP contribution in [-0.2, 0) is 16.0 Å². The van der Waals surface area contributed by atoms with Crippen molar-refractivity contribution in [1.29, 1.82) is 0 Å². The lowest BCUT2D eigenvalue weighted by atomic mass is 9.87. The van der Waals surface area contributed by atoms with Crippen LogP contribution in [0.1, 0.15) is 30.9 Å². The van der Waals surface area contributed by atoms with Gasteiger partial charge in [-0.1, -0.05) is 50.2 Å². The second kappa shape index (κ2) is 10.3. The molecule has 0 aliphatic carbocycles.